The van der Waals surface area contributed by atoms with E-state index >= 15 is 0 Å². The van der Waals surface area contributed by atoms with E-state index < -0.39 is 0 Å². The molecule has 0 atom stereocenters. The fourth-order valence-corrected chi connectivity index (χ4v) is 2.27. The molecule has 0 aliphatic rings. The lowest BCUT2D eigenvalue weighted by Gasteiger charge is -2.11. The third-order valence-corrected chi connectivity index (χ3v) is 3.29. The topological polar surface area (TPSA) is 50.9 Å². The number of nitrogens with one attached hydrogen (secondary N) is 1. The van der Waals surface area contributed by atoms with Crippen molar-refractivity contribution in [1.82, 2.24) is 4.98 Å². The molecule has 0 aliphatic heterocycles. The molecule has 0 amide bonds. The molecule has 3 N–H and O–H groups in total. The Morgan fingerprint density at radius 1 is 0.950 bits per heavy atom. The molecule has 3 nitrogen and oxygen atoms in total. The van der Waals surface area contributed by atoms with Crippen molar-refractivity contribution in [1.29, 1.82) is 0 Å². The fourth-order valence-electron chi connectivity index (χ4n) is 2.27. The van der Waals surface area contributed by atoms with Crippen LogP contribution in [0.2, 0.25) is 0 Å². The summed E-state index contributed by atoms with van der Waals surface area (Å²) in [6, 6.07) is 16.2. The molecule has 2 aromatic carbocycles. The highest BCUT2D eigenvalue weighted by molar-refractivity contribution is 5.95. The van der Waals surface area contributed by atoms with Crippen molar-refractivity contribution in [3.8, 4) is 0 Å². The zero-order chi connectivity index (χ0) is 14.1. The van der Waals surface area contributed by atoms with Crippen molar-refractivity contribution in [3.63, 3.8) is 0 Å². The molecule has 0 saturated heterocycles. The van der Waals surface area contributed by atoms with Gasteiger partial charge in [0.05, 0.1) is 5.52 Å². The van der Waals surface area contributed by atoms with E-state index in [1.165, 1.54) is 5.56 Å². The first-order chi connectivity index (χ1) is 9.61. The molecule has 0 unspecified atom stereocenters. The van der Waals surface area contributed by atoms with Crippen LogP contribution in [0.4, 0.5) is 17.1 Å². The summed E-state index contributed by atoms with van der Waals surface area (Å²) >= 11 is 0. The van der Waals surface area contributed by atoms with Gasteiger partial charge in [-0.1, -0.05) is 17.7 Å². The van der Waals surface area contributed by atoms with Crippen LogP contribution in [-0.2, 0) is 0 Å². The van der Waals surface area contributed by atoms with Gasteiger partial charge < -0.3 is 11.1 Å². The summed E-state index contributed by atoms with van der Waals surface area (Å²) in [5.41, 5.74) is 11.9. The third kappa shape index (κ3) is 2.43. The summed E-state index contributed by atoms with van der Waals surface area (Å²) in [5, 5.41) is 4.48. The highest BCUT2D eigenvalue weighted by Gasteiger charge is 2.05. The molecule has 3 heteroatoms. The van der Waals surface area contributed by atoms with Crippen LogP contribution in [0, 0.1) is 13.8 Å². The lowest BCUT2D eigenvalue weighted by atomic mass is 10.1. The van der Waals surface area contributed by atoms with Crippen molar-refractivity contribution in [2.24, 2.45) is 0 Å². The lowest BCUT2D eigenvalue weighted by Crippen LogP contribution is -1.95. The van der Waals surface area contributed by atoms with Crippen molar-refractivity contribution in [3.05, 3.63) is 59.8 Å². The maximum absolute atomic E-state index is 5.89. The first kappa shape index (κ1) is 12.5. The number of pyridine rings is 1. The lowest BCUT2D eigenvalue weighted by molar-refractivity contribution is 1.25. The molecule has 3 aromatic rings. The van der Waals surface area contributed by atoms with Gasteiger partial charge in [-0.3, -0.25) is 4.98 Å². The largest absolute Gasteiger partial charge is 0.399 e. The number of hydrogen-bond acceptors (Lipinski definition) is 3. The summed E-state index contributed by atoms with van der Waals surface area (Å²) in [6.45, 7) is 4.08. The van der Waals surface area contributed by atoms with Crippen molar-refractivity contribution in [2.75, 3.05) is 11.1 Å². The number of aryl methyl sites for hydroxylation is 2. The van der Waals surface area contributed by atoms with Gasteiger partial charge in [-0.15, -0.1) is 0 Å². The molecule has 100 valence electrons. The Bertz CT molecular complexity index is 761. The molecule has 0 spiro atoms. The summed E-state index contributed by atoms with van der Waals surface area (Å²) in [4.78, 5) is 4.54. The molecule has 1 aromatic heterocycles. The van der Waals surface area contributed by atoms with Gasteiger partial charge in [-0.2, -0.15) is 0 Å². The number of nitrogen functional groups attached to an aromatic ring is 1. The molecule has 0 radical (unpaired) electrons. The van der Waals surface area contributed by atoms with Gasteiger partial charge in [0.15, 0.2) is 0 Å². The van der Waals surface area contributed by atoms with Crippen LogP contribution in [0.3, 0.4) is 0 Å². The molecule has 1 heterocycles. The predicted molar refractivity (Wildman–Crippen MR) is 85.4 cm³/mol. The van der Waals surface area contributed by atoms with Gasteiger partial charge in [0, 0.05) is 28.1 Å². The monoisotopic (exact) mass is 263 g/mol. The summed E-state index contributed by atoms with van der Waals surface area (Å²) in [6.07, 6.45) is 0. The van der Waals surface area contributed by atoms with Gasteiger partial charge in [0.2, 0.25) is 0 Å². The second kappa shape index (κ2) is 4.85. The van der Waals surface area contributed by atoms with Crippen LogP contribution in [0.15, 0.2) is 48.5 Å². The quantitative estimate of drug-likeness (QED) is 0.682. The van der Waals surface area contributed by atoms with E-state index in [0.29, 0.717) is 0 Å². The number of benzene rings is 2. The van der Waals surface area contributed by atoms with Crippen LogP contribution in [0.5, 0.6) is 0 Å². The highest BCUT2D eigenvalue weighted by atomic mass is 14.9. The minimum Gasteiger partial charge on any atom is -0.399 e. The zero-order valence-corrected chi connectivity index (χ0v) is 11.6. The number of nitrogens with two attached hydrogens (primary N) is 1. The van der Waals surface area contributed by atoms with Crippen molar-refractivity contribution < 1.29 is 0 Å². The first-order valence-electron chi connectivity index (χ1n) is 6.62. The summed E-state index contributed by atoms with van der Waals surface area (Å²) in [5.74, 6) is 0. The van der Waals surface area contributed by atoms with Gasteiger partial charge in [0.1, 0.15) is 0 Å². The Hall–Kier alpha value is -2.55. The van der Waals surface area contributed by atoms with E-state index in [4.69, 9.17) is 5.73 Å². The predicted octanol–water partition coefficient (Wildman–Crippen LogP) is 4.18. The number of nitrogens with zero attached hydrogens (tertiary/aromatic N) is 1. The number of aromatic nitrogens is 1. The van der Waals surface area contributed by atoms with Crippen LogP contribution in [0.25, 0.3) is 10.9 Å². The maximum Gasteiger partial charge on any atom is 0.0727 e. The van der Waals surface area contributed by atoms with E-state index in [9.17, 15) is 0 Å². The molecule has 3 rings (SSSR count). The van der Waals surface area contributed by atoms with Crippen LogP contribution in [0.1, 0.15) is 11.3 Å². The Kier molecular flexibility index (Phi) is 3.03. The molecule has 0 saturated carbocycles. The second-order valence-corrected chi connectivity index (χ2v) is 5.08. The van der Waals surface area contributed by atoms with Crippen LogP contribution >= 0.6 is 0 Å². The highest BCUT2D eigenvalue weighted by Crippen LogP contribution is 2.28. The molecule has 20 heavy (non-hydrogen) atoms. The smallest absolute Gasteiger partial charge is 0.0727 e. The minimum atomic E-state index is 0.745. The maximum atomic E-state index is 5.89. The van der Waals surface area contributed by atoms with Crippen LogP contribution in [-0.4, -0.2) is 4.98 Å². The van der Waals surface area contributed by atoms with Crippen molar-refractivity contribution >= 4 is 28.0 Å². The van der Waals surface area contributed by atoms with E-state index in [1.807, 2.05) is 31.2 Å². The third-order valence-electron chi connectivity index (χ3n) is 3.29. The second-order valence-electron chi connectivity index (χ2n) is 5.08. The number of anilines is 3. The SMILES string of the molecule is Cc1ccc(Nc2cc(C)nc3ccc(N)cc23)cc1. The molecule has 0 fully saturated rings. The first-order valence-corrected chi connectivity index (χ1v) is 6.62. The number of hydrogen-bond donors (Lipinski definition) is 2. The van der Waals surface area contributed by atoms with Crippen LogP contribution < -0.4 is 11.1 Å². The van der Waals surface area contributed by atoms with Gasteiger partial charge in [-0.05, 0) is 50.2 Å². The molecule has 0 bridgehead atoms. The van der Waals surface area contributed by atoms with E-state index in [2.05, 4.69) is 41.5 Å². The van der Waals surface area contributed by atoms with E-state index in [-0.39, 0.29) is 0 Å². The average molecular weight is 263 g/mol. The van der Waals surface area contributed by atoms with E-state index in [0.717, 1.165) is 33.7 Å². The Morgan fingerprint density at radius 2 is 1.70 bits per heavy atom. The molecule has 0 aliphatic carbocycles. The van der Waals surface area contributed by atoms with Gasteiger partial charge >= 0.3 is 0 Å². The Balaban J connectivity index is 2.10. The average Bonchev–Trinajstić information content (AvgIpc) is 2.42. The Labute approximate surface area is 118 Å². The summed E-state index contributed by atoms with van der Waals surface area (Å²) < 4.78 is 0. The zero-order valence-electron chi connectivity index (χ0n) is 11.6. The Morgan fingerprint density at radius 3 is 2.45 bits per heavy atom. The van der Waals surface area contributed by atoms with E-state index in [1.54, 1.807) is 0 Å². The van der Waals surface area contributed by atoms with Gasteiger partial charge in [-0.25, -0.2) is 0 Å². The normalized spacial score (nSPS) is 10.7. The van der Waals surface area contributed by atoms with Gasteiger partial charge in [0.25, 0.3) is 0 Å². The summed E-state index contributed by atoms with van der Waals surface area (Å²) in [7, 11) is 0. The number of fused-ring (bicyclic) bond motifs is 1. The molecular weight excluding hydrogens is 246 g/mol. The van der Waals surface area contributed by atoms with Crippen molar-refractivity contribution in [2.45, 2.75) is 13.8 Å². The number of rotatable bonds is 2. The molecular formula is C17H17N3. The standard InChI is InChI=1S/C17H17N3/c1-11-3-6-14(7-4-11)20-17-9-12(2)19-16-8-5-13(18)10-15(16)17/h3-10H,18H2,1-2H3,(H,19,20). The fraction of sp³-hybridized carbons (Fsp3) is 0.118. The minimum absolute atomic E-state index is 0.745.